The molecule has 1 heterocycles. The molecule has 6 nitrogen and oxygen atoms in total. The standard InChI is InChI=1S/C23H34N2O4/c1-12(2)17-16(20(27)29-9)18(25-21(28)24-17)13-10-14(22(3,4)5)19(26)15(11-13)23(6,7)8/h10-12,18,26H,1-9H3,(H2,24,25,28). The van der Waals surface area contributed by atoms with Gasteiger partial charge in [0.05, 0.1) is 18.7 Å². The number of urea groups is 1. The minimum atomic E-state index is -0.670. The lowest BCUT2D eigenvalue weighted by atomic mass is 9.77. The van der Waals surface area contributed by atoms with Crippen LogP contribution in [0.15, 0.2) is 23.4 Å². The number of amides is 2. The smallest absolute Gasteiger partial charge is 0.337 e. The summed E-state index contributed by atoms with van der Waals surface area (Å²) in [7, 11) is 1.33. The molecule has 29 heavy (non-hydrogen) atoms. The second kappa shape index (κ2) is 7.73. The van der Waals surface area contributed by atoms with Crippen molar-refractivity contribution in [1.82, 2.24) is 10.6 Å². The van der Waals surface area contributed by atoms with Gasteiger partial charge in [0.2, 0.25) is 0 Å². The number of phenolic OH excluding ortho intramolecular Hbond substituents is 1. The molecule has 1 aromatic carbocycles. The Morgan fingerprint density at radius 2 is 1.55 bits per heavy atom. The first-order valence-corrected chi connectivity index (χ1v) is 9.96. The van der Waals surface area contributed by atoms with E-state index in [-0.39, 0.29) is 28.5 Å². The maximum absolute atomic E-state index is 12.7. The molecule has 0 fully saturated rings. The summed E-state index contributed by atoms with van der Waals surface area (Å²) in [4.78, 5) is 25.1. The molecule has 2 rings (SSSR count). The number of hydrogen-bond donors (Lipinski definition) is 3. The monoisotopic (exact) mass is 402 g/mol. The molecule has 0 aromatic heterocycles. The number of esters is 1. The Labute approximate surface area is 173 Å². The lowest BCUT2D eigenvalue weighted by Gasteiger charge is -2.33. The van der Waals surface area contributed by atoms with E-state index in [1.807, 2.05) is 67.5 Å². The van der Waals surface area contributed by atoms with Crippen molar-refractivity contribution in [2.75, 3.05) is 7.11 Å². The van der Waals surface area contributed by atoms with Crippen molar-refractivity contribution in [2.24, 2.45) is 5.92 Å². The Hall–Kier alpha value is -2.50. The van der Waals surface area contributed by atoms with Crippen molar-refractivity contribution in [2.45, 2.75) is 72.3 Å². The summed E-state index contributed by atoms with van der Waals surface area (Å²) in [6, 6.07) is 2.72. The van der Waals surface area contributed by atoms with E-state index in [0.29, 0.717) is 11.3 Å². The van der Waals surface area contributed by atoms with E-state index in [1.54, 1.807) is 0 Å². The second-order valence-electron chi connectivity index (χ2n) is 9.97. The van der Waals surface area contributed by atoms with Crippen LogP contribution in [-0.4, -0.2) is 24.2 Å². The fraction of sp³-hybridized carbons (Fsp3) is 0.565. The highest BCUT2D eigenvalue weighted by molar-refractivity contribution is 5.95. The van der Waals surface area contributed by atoms with Gasteiger partial charge in [-0.3, -0.25) is 0 Å². The molecule has 3 N–H and O–H groups in total. The largest absolute Gasteiger partial charge is 0.507 e. The predicted octanol–water partition coefficient (Wildman–Crippen LogP) is 4.42. The maximum Gasteiger partial charge on any atom is 0.337 e. The molecule has 1 aromatic rings. The average molecular weight is 403 g/mol. The minimum absolute atomic E-state index is 0.0704. The molecule has 6 heteroatoms. The molecule has 160 valence electrons. The van der Waals surface area contributed by atoms with Crippen LogP contribution in [0.4, 0.5) is 4.79 Å². The fourth-order valence-electron chi connectivity index (χ4n) is 3.59. The van der Waals surface area contributed by atoms with Gasteiger partial charge >= 0.3 is 12.0 Å². The lowest BCUT2D eigenvalue weighted by molar-refractivity contribution is -0.136. The summed E-state index contributed by atoms with van der Waals surface area (Å²) in [6.45, 7) is 16.0. The van der Waals surface area contributed by atoms with E-state index in [9.17, 15) is 14.7 Å². The number of methoxy groups -OCH3 is 1. The molecule has 1 unspecified atom stereocenters. The highest BCUT2D eigenvalue weighted by atomic mass is 16.5. The number of aromatic hydroxyl groups is 1. The first-order chi connectivity index (χ1) is 13.2. The van der Waals surface area contributed by atoms with E-state index in [2.05, 4.69) is 10.6 Å². The van der Waals surface area contributed by atoms with Gasteiger partial charge in [-0.1, -0.05) is 55.4 Å². The summed E-state index contributed by atoms with van der Waals surface area (Å²) >= 11 is 0. The van der Waals surface area contributed by atoms with E-state index in [1.165, 1.54) is 7.11 Å². The molecule has 0 spiro atoms. The van der Waals surface area contributed by atoms with E-state index in [4.69, 9.17) is 4.74 Å². The molecule has 0 saturated heterocycles. The van der Waals surface area contributed by atoms with Gasteiger partial charge in [0.1, 0.15) is 5.75 Å². The van der Waals surface area contributed by atoms with E-state index in [0.717, 1.165) is 16.7 Å². The number of hydrogen-bond acceptors (Lipinski definition) is 4. The van der Waals surface area contributed by atoms with Crippen LogP contribution in [0.3, 0.4) is 0 Å². The molecule has 1 atom stereocenters. The number of rotatable bonds is 3. The zero-order valence-corrected chi connectivity index (χ0v) is 19.0. The van der Waals surface area contributed by atoms with Crippen LogP contribution in [0.5, 0.6) is 5.75 Å². The molecule has 1 aliphatic heterocycles. The molecular weight excluding hydrogens is 368 g/mol. The van der Waals surface area contributed by atoms with Crippen LogP contribution in [-0.2, 0) is 20.4 Å². The maximum atomic E-state index is 12.7. The SMILES string of the molecule is COC(=O)C1=C(C(C)C)NC(=O)NC1c1cc(C(C)(C)C)c(O)c(C(C)(C)C)c1. The molecular formula is C23H34N2O4. The number of nitrogens with one attached hydrogen (secondary N) is 2. The zero-order valence-electron chi connectivity index (χ0n) is 19.0. The van der Waals surface area contributed by atoms with Crippen molar-refractivity contribution in [3.8, 4) is 5.75 Å². The van der Waals surface area contributed by atoms with Crippen LogP contribution >= 0.6 is 0 Å². The van der Waals surface area contributed by atoms with Gasteiger partial charge in [0, 0.05) is 5.70 Å². The highest BCUT2D eigenvalue weighted by Crippen LogP contribution is 2.42. The van der Waals surface area contributed by atoms with Crippen LogP contribution in [0.2, 0.25) is 0 Å². The van der Waals surface area contributed by atoms with Crippen molar-refractivity contribution in [1.29, 1.82) is 0 Å². The van der Waals surface area contributed by atoms with Crippen molar-refractivity contribution >= 4 is 12.0 Å². The van der Waals surface area contributed by atoms with E-state index >= 15 is 0 Å². The number of allylic oxidation sites excluding steroid dienone is 1. The van der Waals surface area contributed by atoms with Crippen LogP contribution in [0, 0.1) is 5.92 Å². The topological polar surface area (TPSA) is 87.7 Å². The average Bonchev–Trinajstić information content (AvgIpc) is 2.58. The van der Waals surface area contributed by atoms with Crippen LogP contribution in [0.25, 0.3) is 0 Å². The molecule has 0 bridgehead atoms. The number of benzene rings is 1. The lowest BCUT2D eigenvalue weighted by Crippen LogP contribution is -2.47. The molecule has 0 aliphatic carbocycles. The summed E-state index contributed by atoms with van der Waals surface area (Å²) in [6.07, 6.45) is 0. The Kier molecular flexibility index (Phi) is 6.07. The first kappa shape index (κ1) is 22.8. The fourth-order valence-corrected chi connectivity index (χ4v) is 3.59. The van der Waals surface area contributed by atoms with Gasteiger partial charge in [0.25, 0.3) is 0 Å². The van der Waals surface area contributed by atoms with Crippen LogP contribution in [0.1, 0.15) is 78.1 Å². The minimum Gasteiger partial charge on any atom is -0.507 e. The molecule has 0 saturated carbocycles. The third kappa shape index (κ3) is 4.57. The van der Waals surface area contributed by atoms with Gasteiger partial charge in [0.15, 0.2) is 0 Å². The van der Waals surface area contributed by atoms with E-state index < -0.39 is 12.0 Å². The molecule has 1 aliphatic rings. The Morgan fingerprint density at radius 1 is 1.07 bits per heavy atom. The van der Waals surface area contributed by atoms with Gasteiger partial charge in [-0.2, -0.15) is 0 Å². The molecule has 0 radical (unpaired) electrons. The third-order valence-corrected chi connectivity index (χ3v) is 5.17. The number of carbonyl (C=O) groups excluding carboxylic acids is 2. The van der Waals surface area contributed by atoms with Crippen molar-refractivity contribution in [3.63, 3.8) is 0 Å². The van der Waals surface area contributed by atoms with Crippen LogP contribution < -0.4 is 10.6 Å². The number of phenols is 1. The predicted molar refractivity (Wildman–Crippen MR) is 114 cm³/mol. The van der Waals surface area contributed by atoms with Crippen molar-refractivity contribution < 1.29 is 19.4 Å². The second-order valence-corrected chi connectivity index (χ2v) is 9.97. The number of carbonyl (C=O) groups is 2. The first-order valence-electron chi connectivity index (χ1n) is 9.96. The van der Waals surface area contributed by atoms with Gasteiger partial charge < -0.3 is 20.5 Å². The van der Waals surface area contributed by atoms with Gasteiger partial charge in [-0.05, 0) is 45.6 Å². The van der Waals surface area contributed by atoms with Crippen molar-refractivity contribution in [3.05, 3.63) is 40.1 Å². The normalized spacial score (nSPS) is 17.9. The Balaban J connectivity index is 2.84. The Bertz CT molecular complexity index is 820. The highest BCUT2D eigenvalue weighted by Gasteiger charge is 2.36. The van der Waals surface area contributed by atoms with Gasteiger partial charge in [-0.25, -0.2) is 9.59 Å². The molecule has 2 amide bonds. The zero-order chi connectivity index (χ0) is 22.3. The van der Waals surface area contributed by atoms with Gasteiger partial charge in [-0.15, -0.1) is 0 Å². The quantitative estimate of drug-likeness (QED) is 0.653. The summed E-state index contributed by atoms with van der Waals surface area (Å²) in [5, 5.41) is 16.6. The summed E-state index contributed by atoms with van der Waals surface area (Å²) < 4.78 is 5.04. The number of ether oxygens (including phenoxy) is 1. The summed E-state index contributed by atoms with van der Waals surface area (Å²) in [5.74, 6) is -0.311. The third-order valence-electron chi connectivity index (χ3n) is 5.17. The summed E-state index contributed by atoms with van der Waals surface area (Å²) in [5.41, 5.74) is 2.55. The Morgan fingerprint density at radius 3 is 1.93 bits per heavy atom.